The number of rotatable bonds is 42. The lowest BCUT2D eigenvalue weighted by Crippen LogP contribution is -2.45. The first-order valence-electron chi connectivity index (χ1n) is 23.5. The number of quaternary nitrogens is 1. The van der Waals surface area contributed by atoms with E-state index in [9.17, 15) is 19.4 Å². The molecule has 0 radical (unpaired) electrons. The van der Waals surface area contributed by atoms with Gasteiger partial charge in [0.1, 0.15) is 13.2 Å². The molecule has 0 saturated carbocycles. The molecule has 3 N–H and O–H groups in total. The highest BCUT2D eigenvalue weighted by atomic mass is 31.2. The van der Waals surface area contributed by atoms with Gasteiger partial charge < -0.3 is 19.8 Å². The van der Waals surface area contributed by atoms with E-state index < -0.39 is 20.0 Å². The van der Waals surface area contributed by atoms with Crippen LogP contribution in [0.4, 0.5) is 0 Å². The Bertz CT molecular complexity index is 1070. The zero-order valence-corrected chi connectivity index (χ0v) is 38.7. The number of carbonyl (C=O) groups excluding carboxylic acids is 1. The van der Waals surface area contributed by atoms with E-state index in [1.54, 1.807) is 6.08 Å². The van der Waals surface area contributed by atoms with E-state index in [-0.39, 0.29) is 19.1 Å². The Morgan fingerprint density at radius 3 is 1.47 bits per heavy atom. The minimum Gasteiger partial charge on any atom is -0.387 e. The average Bonchev–Trinajstić information content (AvgIpc) is 3.16. The molecule has 0 rings (SSSR count). The quantitative estimate of drug-likeness (QED) is 0.0245. The van der Waals surface area contributed by atoms with Gasteiger partial charge in [0.25, 0.3) is 0 Å². The maximum Gasteiger partial charge on any atom is 0.472 e. The van der Waals surface area contributed by atoms with E-state index >= 15 is 0 Å². The van der Waals surface area contributed by atoms with Crippen molar-refractivity contribution >= 4 is 13.7 Å². The first-order chi connectivity index (χ1) is 27.5. The van der Waals surface area contributed by atoms with Gasteiger partial charge in [0.15, 0.2) is 0 Å². The van der Waals surface area contributed by atoms with Crippen molar-refractivity contribution in [2.24, 2.45) is 0 Å². The molecule has 0 aliphatic heterocycles. The molecule has 334 valence electrons. The summed E-state index contributed by atoms with van der Waals surface area (Å²) in [6, 6.07) is -0.843. The topological polar surface area (TPSA) is 105 Å². The number of amides is 1. The summed E-state index contributed by atoms with van der Waals surface area (Å²) in [5.41, 5.74) is 0. The number of phosphoric ester groups is 1. The maximum absolute atomic E-state index is 12.8. The number of likely N-dealkylation sites (N-methyl/N-ethyl adjacent to an activating group) is 1. The summed E-state index contributed by atoms with van der Waals surface area (Å²) in [6.45, 7) is 4.71. The van der Waals surface area contributed by atoms with Crippen LogP contribution in [0.2, 0.25) is 0 Å². The highest BCUT2D eigenvalue weighted by Crippen LogP contribution is 2.43. The van der Waals surface area contributed by atoms with Crippen molar-refractivity contribution in [1.82, 2.24) is 5.32 Å². The summed E-state index contributed by atoms with van der Waals surface area (Å²) in [6.07, 6.45) is 50.9. The van der Waals surface area contributed by atoms with Gasteiger partial charge in [-0.25, -0.2) is 4.57 Å². The number of unbranched alkanes of at least 4 members (excludes halogenated alkanes) is 23. The number of nitrogens with zero attached hydrogens (tertiary/aromatic N) is 1. The molecule has 9 heteroatoms. The molecular formula is C48H92N2O6P+. The van der Waals surface area contributed by atoms with Crippen molar-refractivity contribution in [3.8, 4) is 0 Å². The van der Waals surface area contributed by atoms with Gasteiger partial charge in [-0.3, -0.25) is 13.8 Å². The number of hydrogen-bond donors (Lipinski definition) is 3. The van der Waals surface area contributed by atoms with Crippen LogP contribution in [0.1, 0.15) is 200 Å². The van der Waals surface area contributed by atoms with Crippen LogP contribution in [-0.4, -0.2) is 73.4 Å². The van der Waals surface area contributed by atoms with Crippen LogP contribution in [0.3, 0.4) is 0 Å². The van der Waals surface area contributed by atoms with Crippen LogP contribution in [0.25, 0.3) is 0 Å². The normalized spacial score (nSPS) is 14.7. The molecular weight excluding hydrogens is 732 g/mol. The van der Waals surface area contributed by atoms with E-state index in [2.05, 4.69) is 55.6 Å². The van der Waals surface area contributed by atoms with Crippen molar-refractivity contribution in [3.63, 3.8) is 0 Å². The summed E-state index contributed by atoms with van der Waals surface area (Å²) in [4.78, 5) is 23.0. The fourth-order valence-electron chi connectivity index (χ4n) is 6.52. The molecule has 0 aromatic rings. The van der Waals surface area contributed by atoms with Gasteiger partial charge >= 0.3 is 7.82 Å². The standard InChI is InChI=1S/C48H91N2O6P/c1-6-8-10-12-14-15-16-17-18-19-20-21-22-23-24-25-26-27-28-29-30-31-32-33-34-35-36-38-40-42-48(52)49-46(47(51)41-39-37-13-11-9-7-2)45-56-57(53,54)55-44-43-50(3,4)5/h16-17,19-20,22-23,39,41,46-47,51H,6-15,18,21,24-38,40,42-45H2,1-5H3,(H-,49,52,53,54)/p+1/b17-16-,20-19-,23-22-,41-39+. The molecule has 57 heavy (non-hydrogen) atoms. The number of aliphatic hydroxyl groups is 1. The maximum atomic E-state index is 12.8. The van der Waals surface area contributed by atoms with Crippen LogP contribution in [0, 0.1) is 0 Å². The van der Waals surface area contributed by atoms with Crippen LogP contribution in [-0.2, 0) is 18.4 Å². The van der Waals surface area contributed by atoms with Crippen molar-refractivity contribution in [3.05, 3.63) is 48.6 Å². The molecule has 0 heterocycles. The molecule has 3 atom stereocenters. The van der Waals surface area contributed by atoms with Crippen LogP contribution in [0.15, 0.2) is 48.6 Å². The Morgan fingerprint density at radius 2 is 1.00 bits per heavy atom. The smallest absolute Gasteiger partial charge is 0.387 e. The minimum atomic E-state index is -4.32. The largest absolute Gasteiger partial charge is 0.472 e. The molecule has 0 bridgehead atoms. The summed E-state index contributed by atoms with van der Waals surface area (Å²) < 4.78 is 23.4. The molecule has 3 unspecified atom stereocenters. The fourth-order valence-corrected chi connectivity index (χ4v) is 7.25. The van der Waals surface area contributed by atoms with E-state index in [0.717, 1.165) is 57.8 Å². The SMILES string of the molecule is CCCCCC/C=C/C(O)C(COP(=O)(O)OCC[N+](C)(C)C)NC(=O)CCCCCCCCCCCCCCCC/C=C\C/C=C\C/C=C\CCCCCCC. The van der Waals surface area contributed by atoms with Gasteiger partial charge in [-0.1, -0.05) is 184 Å². The highest BCUT2D eigenvalue weighted by molar-refractivity contribution is 7.47. The fraction of sp³-hybridized carbons (Fsp3) is 0.812. The molecule has 0 aromatic carbocycles. The summed E-state index contributed by atoms with van der Waals surface area (Å²) in [5, 5.41) is 13.7. The van der Waals surface area contributed by atoms with Gasteiger partial charge in [0, 0.05) is 6.42 Å². The first kappa shape index (κ1) is 55.5. The monoisotopic (exact) mass is 824 g/mol. The van der Waals surface area contributed by atoms with Crippen LogP contribution in [0.5, 0.6) is 0 Å². The molecule has 0 aliphatic carbocycles. The van der Waals surface area contributed by atoms with Gasteiger partial charge in [-0.2, -0.15) is 0 Å². The van der Waals surface area contributed by atoms with Gasteiger partial charge in [-0.05, 0) is 57.8 Å². The second kappa shape index (κ2) is 39.9. The van der Waals surface area contributed by atoms with Crippen molar-refractivity contribution in [1.29, 1.82) is 0 Å². The molecule has 0 saturated heterocycles. The van der Waals surface area contributed by atoms with Crippen molar-refractivity contribution in [2.75, 3.05) is 40.9 Å². The zero-order valence-electron chi connectivity index (χ0n) is 37.8. The molecule has 0 spiro atoms. The van der Waals surface area contributed by atoms with E-state index in [0.29, 0.717) is 17.4 Å². The second-order valence-electron chi connectivity index (χ2n) is 17.1. The molecule has 0 aliphatic rings. The Morgan fingerprint density at radius 1 is 0.596 bits per heavy atom. The summed E-state index contributed by atoms with van der Waals surface area (Å²) in [5.74, 6) is -0.185. The summed E-state index contributed by atoms with van der Waals surface area (Å²) >= 11 is 0. The zero-order chi connectivity index (χ0) is 42.1. The number of aliphatic hydroxyl groups excluding tert-OH is 1. The Labute approximate surface area is 352 Å². The lowest BCUT2D eigenvalue weighted by molar-refractivity contribution is -0.870. The number of carbonyl (C=O) groups is 1. The van der Waals surface area contributed by atoms with Crippen LogP contribution >= 0.6 is 7.82 Å². The third kappa shape index (κ3) is 42.4. The lowest BCUT2D eigenvalue weighted by Gasteiger charge is -2.25. The predicted molar refractivity (Wildman–Crippen MR) is 244 cm³/mol. The Hall–Kier alpha value is -1.54. The highest BCUT2D eigenvalue weighted by Gasteiger charge is 2.27. The van der Waals surface area contributed by atoms with Crippen LogP contribution < -0.4 is 5.32 Å². The van der Waals surface area contributed by atoms with Gasteiger partial charge in [-0.15, -0.1) is 0 Å². The Kier molecular flexibility index (Phi) is 38.8. The van der Waals surface area contributed by atoms with Crippen molar-refractivity contribution in [2.45, 2.75) is 212 Å². The average molecular weight is 824 g/mol. The number of allylic oxidation sites excluding steroid dienone is 7. The molecule has 0 fully saturated rings. The molecule has 0 aromatic heterocycles. The minimum absolute atomic E-state index is 0.0599. The first-order valence-corrected chi connectivity index (χ1v) is 25.0. The number of nitrogens with one attached hydrogen (secondary N) is 1. The molecule has 8 nitrogen and oxygen atoms in total. The van der Waals surface area contributed by atoms with Crippen molar-refractivity contribution < 1.29 is 32.9 Å². The predicted octanol–water partition coefficient (Wildman–Crippen LogP) is 13.2. The lowest BCUT2D eigenvalue weighted by atomic mass is 10.0. The van der Waals surface area contributed by atoms with E-state index in [4.69, 9.17) is 9.05 Å². The number of hydrogen-bond acceptors (Lipinski definition) is 5. The third-order valence-corrected chi connectivity index (χ3v) is 11.3. The van der Waals surface area contributed by atoms with Gasteiger partial charge in [0.2, 0.25) is 5.91 Å². The van der Waals surface area contributed by atoms with Gasteiger partial charge in [0.05, 0.1) is 39.9 Å². The summed E-state index contributed by atoms with van der Waals surface area (Å²) in [7, 11) is 1.56. The molecule has 1 amide bonds. The number of phosphoric acid groups is 1. The Balaban J connectivity index is 3.97. The third-order valence-electron chi connectivity index (χ3n) is 10.3. The second-order valence-corrected chi connectivity index (χ2v) is 18.6. The van der Waals surface area contributed by atoms with E-state index in [1.165, 1.54) is 122 Å². The van der Waals surface area contributed by atoms with E-state index in [1.807, 2.05) is 27.2 Å².